The lowest BCUT2D eigenvalue weighted by molar-refractivity contribution is -0.0559. The van der Waals surface area contributed by atoms with Gasteiger partial charge in [-0.2, -0.15) is 0 Å². The number of hydrogen-bond acceptors (Lipinski definition) is 4. The Morgan fingerprint density at radius 3 is 2.62 bits per heavy atom. The quantitative estimate of drug-likeness (QED) is 0.462. The monoisotopic (exact) mass is 446 g/mol. The van der Waals surface area contributed by atoms with Crippen LogP contribution >= 0.6 is 0 Å². The van der Waals surface area contributed by atoms with Gasteiger partial charge in [-0.1, -0.05) is 45.1 Å². The normalized spacial score (nSPS) is 37.2. The second-order valence-corrected chi connectivity index (χ2v) is 10.9. The van der Waals surface area contributed by atoms with E-state index in [4.69, 9.17) is 4.74 Å². The Morgan fingerprint density at radius 2 is 1.94 bits per heavy atom. The fourth-order valence-electron chi connectivity index (χ4n) is 6.67. The van der Waals surface area contributed by atoms with Crippen LogP contribution in [0.4, 0.5) is 0 Å². The van der Waals surface area contributed by atoms with Crippen molar-refractivity contribution in [2.45, 2.75) is 116 Å². The van der Waals surface area contributed by atoms with Gasteiger partial charge < -0.3 is 20.1 Å². The molecule has 3 fully saturated rings. The van der Waals surface area contributed by atoms with Crippen LogP contribution in [0.2, 0.25) is 0 Å². The third kappa shape index (κ3) is 5.41. The van der Waals surface area contributed by atoms with E-state index in [1.165, 1.54) is 31.3 Å². The van der Waals surface area contributed by atoms with Gasteiger partial charge >= 0.3 is 0 Å². The molecule has 0 aromatic rings. The largest absolute Gasteiger partial charge is 0.393 e. The lowest BCUT2D eigenvalue weighted by atomic mass is 9.62. The van der Waals surface area contributed by atoms with Gasteiger partial charge in [0, 0.05) is 13.0 Å². The Bertz CT molecular complexity index is 719. The van der Waals surface area contributed by atoms with Gasteiger partial charge in [-0.3, -0.25) is 0 Å². The van der Waals surface area contributed by atoms with E-state index in [1.807, 2.05) is 13.8 Å². The number of rotatable bonds is 8. The Kier molecular flexibility index (Phi) is 8.46. The van der Waals surface area contributed by atoms with Gasteiger partial charge in [0.2, 0.25) is 0 Å². The summed E-state index contributed by atoms with van der Waals surface area (Å²) in [7, 11) is 0. The molecule has 0 saturated heterocycles. The molecular weight excluding hydrogens is 400 g/mol. The minimum absolute atomic E-state index is 0.198. The van der Waals surface area contributed by atoms with Crippen LogP contribution in [0.25, 0.3) is 0 Å². The molecule has 4 nitrogen and oxygen atoms in total. The first kappa shape index (κ1) is 25.7. The fourth-order valence-corrected chi connectivity index (χ4v) is 6.67. The predicted molar refractivity (Wildman–Crippen MR) is 130 cm³/mol. The first-order valence-electron chi connectivity index (χ1n) is 12.9. The molecule has 0 amide bonds. The maximum absolute atomic E-state index is 10.6. The summed E-state index contributed by atoms with van der Waals surface area (Å²) in [6.07, 6.45) is 12.6. The summed E-state index contributed by atoms with van der Waals surface area (Å²) in [6, 6.07) is 0. The van der Waals surface area contributed by atoms with Gasteiger partial charge in [-0.25, -0.2) is 0 Å². The molecule has 3 rings (SSSR count). The van der Waals surface area contributed by atoms with Crippen molar-refractivity contribution in [2.75, 3.05) is 6.61 Å². The average Bonchev–Trinajstić information content (AvgIpc) is 3.12. The van der Waals surface area contributed by atoms with Crippen LogP contribution in [0.1, 0.15) is 91.9 Å². The van der Waals surface area contributed by atoms with Crippen molar-refractivity contribution in [2.24, 2.45) is 17.3 Å². The van der Waals surface area contributed by atoms with Crippen molar-refractivity contribution in [1.29, 1.82) is 0 Å². The molecule has 0 aromatic carbocycles. The van der Waals surface area contributed by atoms with Gasteiger partial charge in [0.25, 0.3) is 0 Å². The molecule has 3 aliphatic carbocycles. The van der Waals surface area contributed by atoms with Gasteiger partial charge in [0.1, 0.15) is 0 Å². The molecule has 3 aliphatic rings. The third-order valence-electron chi connectivity index (χ3n) is 9.13. The number of ether oxygens (including phenoxy) is 1. The minimum atomic E-state index is -0.632. The fraction of sp³-hybridized carbons (Fsp3) is 0.786. The van der Waals surface area contributed by atoms with E-state index in [0.29, 0.717) is 37.7 Å². The number of fused-ring (bicyclic) bond motifs is 1. The third-order valence-corrected chi connectivity index (χ3v) is 9.13. The standard InChI is InChI=1S/C28H46O4/c1-6-28(31,7-2)15-16-32-20(4)24-12-13-25-21(9-8-14-27(24,25)5)10-11-22-17-23(29)18-26(30)19(22)3/h10-11,20,23-26,29-31H,3,6-9,12-18H2,1-2,4-5H3/b21-10+,22-11-/t20-,23+,24+,25-,26-,27+/m0/s1. The average molecular weight is 447 g/mol. The number of hydrogen-bond donors (Lipinski definition) is 3. The summed E-state index contributed by atoms with van der Waals surface area (Å²) in [6.45, 7) is 13.5. The van der Waals surface area contributed by atoms with Crippen LogP contribution in [0.15, 0.2) is 35.5 Å². The molecule has 0 radical (unpaired) electrons. The molecule has 0 bridgehead atoms. The SMILES string of the molecule is C=C1/C(=C\C=C2/CCC[C@]3(C)[C@@H]([C@H](C)OCCC(O)(CC)CC)CC[C@@H]23)C[C@@H](O)C[C@@H]1O. The summed E-state index contributed by atoms with van der Waals surface area (Å²) >= 11 is 0. The van der Waals surface area contributed by atoms with Crippen molar-refractivity contribution in [3.63, 3.8) is 0 Å². The summed E-state index contributed by atoms with van der Waals surface area (Å²) in [5.74, 6) is 1.10. The molecule has 3 N–H and O–H groups in total. The highest BCUT2D eigenvalue weighted by Crippen LogP contribution is 2.58. The van der Waals surface area contributed by atoms with Crippen LogP contribution in [0.5, 0.6) is 0 Å². The zero-order valence-corrected chi connectivity index (χ0v) is 20.8. The predicted octanol–water partition coefficient (Wildman–Crippen LogP) is 5.47. The Hall–Kier alpha value is -0.940. The van der Waals surface area contributed by atoms with Crippen LogP contribution in [0, 0.1) is 17.3 Å². The molecule has 6 atom stereocenters. The Labute approximate surface area is 195 Å². The van der Waals surface area contributed by atoms with Crippen LogP contribution in [-0.2, 0) is 4.74 Å². The molecule has 0 aromatic heterocycles. The number of allylic oxidation sites excluding steroid dienone is 3. The number of aliphatic hydroxyl groups excluding tert-OH is 2. The van der Waals surface area contributed by atoms with Crippen molar-refractivity contribution in [1.82, 2.24) is 0 Å². The van der Waals surface area contributed by atoms with Gasteiger partial charge in [-0.15, -0.1) is 0 Å². The Morgan fingerprint density at radius 1 is 1.22 bits per heavy atom. The summed E-state index contributed by atoms with van der Waals surface area (Å²) < 4.78 is 6.31. The summed E-state index contributed by atoms with van der Waals surface area (Å²) in [5, 5.41) is 30.8. The lowest BCUT2D eigenvalue weighted by Crippen LogP contribution is -2.39. The minimum Gasteiger partial charge on any atom is -0.393 e. The highest BCUT2D eigenvalue weighted by molar-refractivity contribution is 5.38. The molecule has 0 unspecified atom stereocenters. The maximum atomic E-state index is 10.6. The van der Waals surface area contributed by atoms with Gasteiger partial charge in [0.15, 0.2) is 0 Å². The van der Waals surface area contributed by atoms with E-state index in [9.17, 15) is 15.3 Å². The smallest absolute Gasteiger partial charge is 0.0811 e. The van der Waals surface area contributed by atoms with E-state index in [2.05, 4.69) is 32.6 Å². The molecule has 4 heteroatoms. The lowest BCUT2D eigenvalue weighted by Gasteiger charge is -2.44. The molecule has 32 heavy (non-hydrogen) atoms. The van der Waals surface area contributed by atoms with Gasteiger partial charge in [-0.05, 0) is 93.1 Å². The first-order chi connectivity index (χ1) is 15.1. The zero-order chi connectivity index (χ0) is 23.5. The van der Waals surface area contributed by atoms with E-state index in [-0.39, 0.29) is 11.5 Å². The Balaban J connectivity index is 1.67. The first-order valence-corrected chi connectivity index (χ1v) is 12.9. The summed E-state index contributed by atoms with van der Waals surface area (Å²) in [4.78, 5) is 0. The molecule has 0 aliphatic heterocycles. The molecule has 0 heterocycles. The number of aliphatic hydroxyl groups is 3. The van der Waals surface area contributed by atoms with Crippen molar-refractivity contribution >= 4 is 0 Å². The van der Waals surface area contributed by atoms with Gasteiger partial charge in [0.05, 0.1) is 23.9 Å². The topological polar surface area (TPSA) is 69.9 Å². The van der Waals surface area contributed by atoms with Crippen LogP contribution in [-0.4, -0.2) is 45.8 Å². The van der Waals surface area contributed by atoms with Crippen LogP contribution < -0.4 is 0 Å². The van der Waals surface area contributed by atoms with Crippen LogP contribution in [0.3, 0.4) is 0 Å². The van der Waals surface area contributed by atoms with E-state index in [1.54, 1.807) is 0 Å². The second-order valence-electron chi connectivity index (χ2n) is 10.9. The van der Waals surface area contributed by atoms with E-state index < -0.39 is 17.8 Å². The molecule has 0 spiro atoms. The maximum Gasteiger partial charge on any atom is 0.0811 e. The molecule has 3 saturated carbocycles. The second kappa shape index (κ2) is 10.5. The summed E-state index contributed by atoms with van der Waals surface area (Å²) in [5.41, 5.74) is 2.91. The zero-order valence-electron chi connectivity index (χ0n) is 20.8. The molecule has 182 valence electrons. The van der Waals surface area contributed by atoms with E-state index >= 15 is 0 Å². The van der Waals surface area contributed by atoms with Crippen molar-refractivity contribution in [3.05, 3.63) is 35.5 Å². The van der Waals surface area contributed by atoms with E-state index in [0.717, 1.165) is 30.4 Å². The highest BCUT2D eigenvalue weighted by Gasteiger charge is 2.51. The highest BCUT2D eigenvalue weighted by atomic mass is 16.5. The van der Waals surface area contributed by atoms with Crippen molar-refractivity contribution < 1.29 is 20.1 Å². The molecular formula is C28H46O4. The van der Waals surface area contributed by atoms with Crippen molar-refractivity contribution in [3.8, 4) is 0 Å².